The normalized spacial score (nSPS) is 28.4. The van der Waals surface area contributed by atoms with E-state index < -0.39 is 5.60 Å². The highest BCUT2D eigenvalue weighted by atomic mass is 16.6. The molecule has 2 saturated carbocycles. The van der Waals surface area contributed by atoms with E-state index in [1.165, 1.54) is 38.5 Å². The summed E-state index contributed by atoms with van der Waals surface area (Å²) in [4.78, 5) is 13.9. The number of carbonyl (C=O) groups excluding carboxylic acids is 1. The fraction of sp³-hybridized carbons (Fsp3) is 0.941. The Balaban J connectivity index is 1.79. The molecule has 0 atom stereocenters. The van der Waals surface area contributed by atoms with Gasteiger partial charge in [-0.25, -0.2) is 4.79 Å². The van der Waals surface area contributed by atoms with Gasteiger partial charge in [-0.1, -0.05) is 25.7 Å². The number of amides is 1. The fourth-order valence-corrected chi connectivity index (χ4v) is 3.87. The summed E-state index contributed by atoms with van der Waals surface area (Å²) < 4.78 is 5.47. The maximum Gasteiger partial charge on any atom is 0.410 e. The summed E-state index contributed by atoms with van der Waals surface area (Å²) in [6, 6.07) is 0.377. The van der Waals surface area contributed by atoms with Gasteiger partial charge in [0.2, 0.25) is 0 Å². The van der Waals surface area contributed by atoms with Crippen LogP contribution in [0, 0.1) is 11.8 Å². The lowest BCUT2D eigenvalue weighted by atomic mass is 9.77. The number of nitrogens with zero attached hydrogens (tertiary/aromatic N) is 1. The molecule has 0 saturated heterocycles. The zero-order chi connectivity index (χ0) is 14.8. The van der Waals surface area contributed by atoms with Crippen molar-refractivity contribution < 1.29 is 9.53 Å². The van der Waals surface area contributed by atoms with Crippen LogP contribution in [-0.4, -0.2) is 29.7 Å². The van der Waals surface area contributed by atoms with Crippen LogP contribution in [0.2, 0.25) is 0 Å². The quantitative estimate of drug-likeness (QED) is 0.740. The fourth-order valence-electron chi connectivity index (χ4n) is 3.87. The van der Waals surface area contributed by atoms with Crippen molar-refractivity contribution in [2.24, 2.45) is 11.8 Å². The largest absolute Gasteiger partial charge is 0.444 e. The van der Waals surface area contributed by atoms with Gasteiger partial charge in [0.05, 0.1) is 0 Å². The van der Waals surface area contributed by atoms with E-state index in [0.29, 0.717) is 6.04 Å². The molecule has 0 N–H and O–H groups in total. The predicted octanol–water partition coefficient (Wildman–Crippen LogP) is 4.60. The van der Waals surface area contributed by atoms with E-state index in [4.69, 9.17) is 4.74 Å². The van der Waals surface area contributed by atoms with Crippen molar-refractivity contribution in [3.05, 3.63) is 0 Å². The molecule has 0 aromatic rings. The molecule has 0 heterocycles. The highest BCUT2D eigenvalue weighted by Crippen LogP contribution is 2.40. The van der Waals surface area contributed by atoms with Crippen LogP contribution in [0.15, 0.2) is 0 Å². The van der Waals surface area contributed by atoms with Crippen molar-refractivity contribution in [1.29, 1.82) is 0 Å². The Morgan fingerprint density at radius 1 is 0.950 bits per heavy atom. The van der Waals surface area contributed by atoms with Crippen LogP contribution in [0.5, 0.6) is 0 Å². The first kappa shape index (κ1) is 15.7. The summed E-state index contributed by atoms with van der Waals surface area (Å²) in [6.07, 6.45) is 10.5. The summed E-state index contributed by atoms with van der Waals surface area (Å²) in [5, 5.41) is 0. The Morgan fingerprint density at radius 3 is 1.95 bits per heavy atom. The third kappa shape index (κ3) is 4.13. The molecular weight excluding hydrogens is 250 g/mol. The smallest absolute Gasteiger partial charge is 0.410 e. The second-order valence-corrected chi connectivity index (χ2v) is 7.70. The highest BCUT2D eigenvalue weighted by molar-refractivity contribution is 5.68. The number of rotatable bonds is 2. The molecule has 3 heteroatoms. The van der Waals surface area contributed by atoms with E-state index in [2.05, 4.69) is 0 Å². The molecule has 0 bridgehead atoms. The monoisotopic (exact) mass is 281 g/mol. The first-order valence-electron chi connectivity index (χ1n) is 8.32. The molecule has 0 aromatic heterocycles. The second-order valence-electron chi connectivity index (χ2n) is 7.70. The van der Waals surface area contributed by atoms with Gasteiger partial charge >= 0.3 is 6.09 Å². The van der Waals surface area contributed by atoms with Gasteiger partial charge < -0.3 is 9.64 Å². The molecular formula is C17H31NO2. The first-order valence-corrected chi connectivity index (χ1v) is 8.32. The zero-order valence-corrected chi connectivity index (χ0v) is 13.7. The van der Waals surface area contributed by atoms with E-state index in [0.717, 1.165) is 24.7 Å². The van der Waals surface area contributed by atoms with Crippen molar-refractivity contribution in [2.75, 3.05) is 7.05 Å². The molecule has 2 aliphatic carbocycles. The zero-order valence-electron chi connectivity index (χ0n) is 13.7. The molecule has 0 aliphatic heterocycles. The van der Waals surface area contributed by atoms with E-state index in [9.17, 15) is 4.79 Å². The van der Waals surface area contributed by atoms with Gasteiger partial charge in [0, 0.05) is 13.1 Å². The van der Waals surface area contributed by atoms with Gasteiger partial charge in [-0.3, -0.25) is 0 Å². The van der Waals surface area contributed by atoms with Crippen LogP contribution >= 0.6 is 0 Å². The van der Waals surface area contributed by atoms with Crippen LogP contribution in [0.3, 0.4) is 0 Å². The molecule has 0 spiro atoms. The van der Waals surface area contributed by atoms with Crippen molar-refractivity contribution in [3.8, 4) is 0 Å². The van der Waals surface area contributed by atoms with Crippen LogP contribution in [-0.2, 0) is 4.74 Å². The van der Waals surface area contributed by atoms with Crippen LogP contribution in [0.25, 0.3) is 0 Å². The van der Waals surface area contributed by atoms with Gasteiger partial charge in [-0.2, -0.15) is 0 Å². The van der Waals surface area contributed by atoms with Gasteiger partial charge in [0.1, 0.15) is 5.60 Å². The Bertz CT molecular complexity index is 320. The van der Waals surface area contributed by atoms with E-state index >= 15 is 0 Å². The summed E-state index contributed by atoms with van der Waals surface area (Å²) in [7, 11) is 1.90. The maximum absolute atomic E-state index is 12.1. The average Bonchev–Trinajstić information content (AvgIpc) is 2.90. The Morgan fingerprint density at radius 2 is 1.45 bits per heavy atom. The molecule has 2 fully saturated rings. The lowest BCUT2D eigenvalue weighted by Gasteiger charge is -2.37. The maximum atomic E-state index is 12.1. The minimum Gasteiger partial charge on any atom is -0.444 e. The molecule has 0 aromatic carbocycles. The lowest BCUT2D eigenvalue weighted by molar-refractivity contribution is 0.0160. The van der Waals surface area contributed by atoms with Crippen molar-refractivity contribution in [3.63, 3.8) is 0 Å². The third-order valence-corrected chi connectivity index (χ3v) is 5.04. The number of carbonyl (C=O) groups is 1. The summed E-state index contributed by atoms with van der Waals surface area (Å²) >= 11 is 0. The van der Waals surface area contributed by atoms with Gasteiger partial charge in [0.25, 0.3) is 0 Å². The molecule has 3 nitrogen and oxygen atoms in total. The Hall–Kier alpha value is -0.730. The number of ether oxygens (including phenoxy) is 1. The molecule has 0 radical (unpaired) electrons. The number of hydrogen-bond acceptors (Lipinski definition) is 2. The van der Waals surface area contributed by atoms with Crippen molar-refractivity contribution in [2.45, 2.75) is 83.8 Å². The van der Waals surface area contributed by atoms with Crippen LogP contribution < -0.4 is 0 Å². The molecule has 1 amide bonds. The lowest BCUT2D eigenvalue weighted by Crippen LogP contribution is -2.42. The Kier molecular flexibility index (Phi) is 4.98. The second kappa shape index (κ2) is 6.36. The summed E-state index contributed by atoms with van der Waals surface area (Å²) in [6.45, 7) is 5.78. The van der Waals surface area contributed by atoms with Crippen molar-refractivity contribution in [1.82, 2.24) is 4.90 Å². The van der Waals surface area contributed by atoms with E-state index in [1.54, 1.807) is 0 Å². The van der Waals surface area contributed by atoms with Crippen LogP contribution in [0.4, 0.5) is 4.79 Å². The number of hydrogen-bond donors (Lipinski definition) is 0. The molecule has 2 aliphatic rings. The first-order chi connectivity index (χ1) is 9.37. The topological polar surface area (TPSA) is 29.5 Å². The minimum absolute atomic E-state index is 0.165. The van der Waals surface area contributed by atoms with E-state index in [1.807, 2.05) is 32.7 Å². The highest BCUT2D eigenvalue weighted by Gasteiger charge is 2.33. The van der Waals surface area contributed by atoms with Gasteiger partial charge in [0.15, 0.2) is 0 Å². The third-order valence-electron chi connectivity index (χ3n) is 5.04. The average molecular weight is 281 g/mol. The summed E-state index contributed by atoms with van der Waals surface area (Å²) in [5.74, 6) is 1.89. The Labute approximate surface area is 124 Å². The SMILES string of the molecule is CN(C(=O)OC(C)(C)C)C1CCC(C2CCCC2)CC1. The van der Waals surface area contributed by atoms with Gasteiger partial charge in [-0.05, 0) is 58.3 Å². The minimum atomic E-state index is -0.396. The molecule has 20 heavy (non-hydrogen) atoms. The molecule has 116 valence electrons. The van der Waals surface area contributed by atoms with E-state index in [-0.39, 0.29) is 6.09 Å². The molecule has 2 rings (SSSR count). The van der Waals surface area contributed by atoms with Crippen molar-refractivity contribution >= 4 is 6.09 Å². The van der Waals surface area contributed by atoms with Gasteiger partial charge in [-0.15, -0.1) is 0 Å². The van der Waals surface area contributed by atoms with Crippen LogP contribution in [0.1, 0.15) is 72.1 Å². The summed E-state index contributed by atoms with van der Waals surface area (Å²) in [5.41, 5.74) is -0.396. The molecule has 0 unspecified atom stereocenters. The standard InChI is InChI=1S/C17H31NO2/c1-17(2,3)20-16(19)18(4)15-11-9-14(10-12-15)13-7-5-6-8-13/h13-15H,5-12H2,1-4H3. The predicted molar refractivity (Wildman–Crippen MR) is 81.7 cm³/mol.